The highest BCUT2D eigenvalue weighted by atomic mass is 79.9. The Morgan fingerprint density at radius 1 is 1.43 bits per heavy atom. The van der Waals surface area contributed by atoms with Crippen molar-refractivity contribution in [2.45, 2.75) is 6.92 Å². The predicted octanol–water partition coefficient (Wildman–Crippen LogP) is 3.55. The molecule has 0 spiro atoms. The quantitative estimate of drug-likeness (QED) is 0.779. The van der Waals surface area contributed by atoms with Gasteiger partial charge in [0, 0.05) is 21.5 Å². The summed E-state index contributed by atoms with van der Waals surface area (Å²) in [7, 11) is 0. The summed E-state index contributed by atoms with van der Waals surface area (Å²) in [5, 5.41) is 0. The molecule has 0 radical (unpaired) electrons. The molecule has 4 heteroatoms. The van der Waals surface area contributed by atoms with E-state index in [1.807, 2.05) is 6.07 Å². The average molecular weight is 256 g/mol. The van der Waals surface area contributed by atoms with E-state index in [-0.39, 0.29) is 5.82 Å². The van der Waals surface area contributed by atoms with Gasteiger partial charge in [0.2, 0.25) is 0 Å². The normalized spacial score (nSPS) is 10.5. The van der Waals surface area contributed by atoms with Crippen LogP contribution in [0.3, 0.4) is 0 Å². The van der Waals surface area contributed by atoms with E-state index >= 15 is 0 Å². The van der Waals surface area contributed by atoms with Gasteiger partial charge in [0.15, 0.2) is 0 Å². The molecule has 1 heterocycles. The first-order valence-corrected chi connectivity index (χ1v) is 4.83. The Kier molecular flexibility index (Phi) is 2.37. The first-order chi connectivity index (χ1) is 6.66. The first-order valence-electron chi connectivity index (χ1n) is 4.04. The first kappa shape index (κ1) is 9.40. The molecule has 1 aromatic carbocycles. The molecule has 0 fully saturated rings. The molecule has 2 aromatic rings. The van der Waals surface area contributed by atoms with Crippen LogP contribution < -0.4 is 0 Å². The molecule has 0 aliphatic heterocycles. The second-order valence-corrected chi connectivity index (χ2v) is 3.63. The SMILES string of the molecule is Cc1ccc(-c2coc(Br)n2)cc1F. The summed E-state index contributed by atoms with van der Waals surface area (Å²) in [5.41, 5.74) is 1.95. The molecular formula is C10H7BrFNO. The van der Waals surface area contributed by atoms with Gasteiger partial charge in [0.05, 0.1) is 0 Å². The zero-order chi connectivity index (χ0) is 10.1. The summed E-state index contributed by atoms with van der Waals surface area (Å²) in [6, 6.07) is 4.97. The third kappa shape index (κ3) is 1.70. The van der Waals surface area contributed by atoms with Crippen LogP contribution in [0.4, 0.5) is 4.39 Å². The van der Waals surface area contributed by atoms with E-state index in [1.165, 1.54) is 12.3 Å². The lowest BCUT2D eigenvalue weighted by Crippen LogP contribution is -1.84. The highest BCUT2D eigenvalue weighted by Gasteiger charge is 2.06. The standard InChI is InChI=1S/C10H7BrFNO/c1-6-2-3-7(4-8(6)12)9-5-14-10(11)13-9/h2-5H,1H3. The molecule has 72 valence electrons. The minimum atomic E-state index is -0.235. The molecule has 0 bridgehead atoms. The molecule has 2 nitrogen and oxygen atoms in total. The molecule has 14 heavy (non-hydrogen) atoms. The Morgan fingerprint density at radius 3 is 2.79 bits per heavy atom. The molecule has 0 aliphatic rings. The third-order valence-electron chi connectivity index (χ3n) is 1.94. The van der Waals surface area contributed by atoms with Gasteiger partial charge in [-0.3, -0.25) is 0 Å². The summed E-state index contributed by atoms with van der Waals surface area (Å²) in [6.45, 7) is 1.72. The molecule has 2 rings (SSSR count). The van der Waals surface area contributed by atoms with E-state index in [0.29, 0.717) is 21.6 Å². The lowest BCUT2D eigenvalue weighted by atomic mass is 10.1. The largest absolute Gasteiger partial charge is 0.439 e. The highest BCUT2D eigenvalue weighted by Crippen LogP contribution is 2.22. The van der Waals surface area contributed by atoms with Gasteiger partial charge in [-0.05, 0) is 18.6 Å². The van der Waals surface area contributed by atoms with E-state index in [9.17, 15) is 4.39 Å². The van der Waals surface area contributed by atoms with Crippen molar-refractivity contribution < 1.29 is 8.81 Å². The molecule has 0 unspecified atom stereocenters. The Labute approximate surface area is 88.9 Å². The second-order valence-electron chi connectivity index (χ2n) is 2.95. The van der Waals surface area contributed by atoms with Crippen LogP contribution in [0.2, 0.25) is 0 Å². The topological polar surface area (TPSA) is 26.0 Å². The lowest BCUT2D eigenvalue weighted by molar-refractivity contribution is 0.529. The molecule has 0 atom stereocenters. The van der Waals surface area contributed by atoms with Crippen molar-refractivity contribution in [3.63, 3.8) is 0 Å². The van der Waals surface area contributed by atoms with Gasteiger partial charge >= 0.3 is 0 Å². The van der Waals surface area contributed by atoms with Gasteiger partial charge in [0.1, 0.15) is 17.8 Å². The third-order valence-corrected chi connectivity index (χ3v) is 2.31. The smallest absolute Gasteiger partial charge is 0.264 e. The molecule has 1 aromatic heterocycles. The Morgan fingerprint density at radius 2 is 2.21 bits per heavy atom. The van der Waals surface area contributed by atoms with Crippen LogP contribution in [0, 0.1) is 12.7 Å². The van der Waals surface area contributed by atoms with Gasteiger partial charge in [0.25, 0.3) is 4.80 Å². The fourth-order valence-corrected chi connectivity index (χ4v) is 1.42. The van der Waals surface area contributed by atoms with Crippen molar-refractivity contribution >= 4 is 15.9 Å². The number of aromatic nitrogens is 1. The van der Waals surface area contributed by atoms with E-state index in [2.05, 4.69) is 20.9 Å². The fraction of sp³-hybridized carbons (Fsp3) is 0.100. The maximum absolute atomic E-state index is 13.2. The number of hydrogen-bond acceptors (Lipinski definition) is 2. The summed E-state index contributed by atoms with van der Waals surface area (Å²) in [6.07, 6.45) is 1.48. The van der Waals surface area contributed by atoms with Gasteiger partial charge in [-0.2, -0.15) is 0 Å². The van der Waals surface area contributed by atoms with Crippen molar-refractivity contribution in [3.8, 4) is 11.3 Å². The lowest BCUT2D eigenvalue weighted by Gasteiger charge is -1.98. The number of oxazole rings is 1. The van der Waals surface area contributed by atoms with E-state index < -0.39 is 0 Å². The number of nitrogens with zero attached hydrogens (tertiary/aromatic N) is 1. The average Bonchev–Trinajstić information content (AvgIpc) is 2.57. The van der Waals surface area contributed by atoms with Crippen molar-refractivity contribution in [1.82, 2.24) is 4.98 Å². The fourth-order valence-electron chi connectivity index (χ4n) is 1.14. The number of aryl methyl sites for hydroxylation is 1. The highest BCUT2D eigenvalue weighted by molar-refractivity contribution is 9.10. The molecule has 0 aliphatic carbocycles. The van der Waals surface area contributed by atoms with Crippen LogP contribution in [0.15, 0.2) is 33.7 Å². The summed E-state index contributed by atoms with van der Waals surface area (Å²) < 4.78 is 18.2. The maximum atomic E-state index is 13.2. The van der Waals surface area contributed by atoms with E-state index in [1.54, 1.807) is 13.0 Å². The van der Waals surface area contributed by atoms with Crippen molar-refractivity contribution in [2.75, 3.05) is 0 Å². The summed E-state index contributed by atoms with van der Waals surface area (Å²) >= 11 is 3.09. The summed E-state index contributed by atoms with van der Waals surface area (Å²) in [4.78, 5) is 4.43. The van der Waals surface area contributed by atoms with Crippen molar-refractivity contribution in [3.05, 3.63) is 40.6 Å². The molecule has 0 N–H and O–H groups in total. The van der Waals surface area contributed by atoms with Crippen LogP contribution in [0.25, 0.3) is 11.3 Å². The van der Waals surface area contributed by atoms with Crippen LogP contribution in [0.1, 0.15) is 5.56 Å². The van der Waals surface area contributed by atoms with Gasteiger partial charge < -0.3 is 4.42 Å². The predicted molar refractivity (Wildman–Crippen MR) is 54.3 cm³/mol. The van der Waals surface area contributed by atoms with Gasteiger partial charge in [-0.1, -0.05) is 12.1 Å². The Hall–Kier alpha value is -1.16. The number of halogens is 2. The maximum Gasteiger partial charge on any atom is 0.264 e. The zero-order valence-electron chi connectivity index (χ0n) is 7.42. The van der Waals surface area contributed by atoms with Crippen molar-refractivity contribution in [2.24, 2.45) is 0 Å². The van der Waals surface area contributed by atoms with Crippen LogP contribution in [0.5, 0.6) is 0 Å². The number of benzene rings is 1. The zero-order valence-corrected chi connectivity index (χ0v) is 9.01. The minimum Gasteiger partial charge on any atom is -0.439 e. The molecule has 0 saturated carbocycles. The Balaban J connectivity index is 2.47. The van der Waals surface area contributed by atoms with Crippen LogP contribution >= 0.6 is 15.9 Å². The minimum absolute atomic E-state index is 0.235. The second kappa shape index (κ2) is 3.53. The van der Waals surface area contributed by atoms with E-state index in [4.69, 9.17) is 4.42 Å². The molecule has 0 saturated heterocycles. The number of hydrogen-bond donors (Lipinski definition) is 0. The molecular weight excluding hydrogens is 249 g/mol. The van der Waals surface area contributed by atoms with Crippen molar-refractivity contribution in [1.29, 1.82) is 0 Å². The van der Waals surface area contributed by atoms with E-state index in [0.717, 1.165) is 0 Å². The van der Waals surface area contributed by atoms with Gasteiger partial charge in [-0.15, -0.1) is 0 Å². The summed E-state index contributed by atoms with van der Waals surface area (Å²) in [5.74, 6) is -0.235. The Bertz CT molecular complexity index is 467. The van der Waals surface area contributed by atoms with Crippen LogP contribution in [-0.4, -0.2) is 4.98 Å². The van der Waals surface area contributed by atoms with Gasteiger partial charge in [-0.25, -0.2) is 9.37 Å². The van der Waals surface area contributed by atoms with Crippen LogP contribution in [-0.2, 0) is 0 Å². The molecule has 0 amide bonds. The number of rotatable bonds is 1. The monoisotopic (exact) mass is 255 g/mol.